The van der Waals surface area contributed by atoms with Crippen LogP contribution < -0.4 is 0 Å². The third kappa shape index (κ3) is 96.2. The van der Waals surface area contributed by atoms with Gasteiger partial charge < -0.3 is 0 Å². The predicted molar refractivity (Wildman–Crippen MR) is 34.1 cm³/mol. The van der Waals surface area contributed by atoms with Gasteiger partial charge in [0.25, 0.3) is 0 Å². The zero-order chi connectivity index (χ0) is 4.50. The molecular formula is H8InO4SSb. The fraction of sp³-hybridized carbons (Fsp3) is 0. The molecule has 46 valence electrons. The van der Waals surface area contributed by atoms with Crippen molar-refractivity contribution < 1.29 is 17.5 Å². The monoisotopic (exact) mass is 340 g/mol. The Morgan fingerprint density at radius 3 is 1.14 bits per heavy atom. The third-order valence-corrected chi connectivity index (χ3v) is 0. The van der Waals surface area contributed by atoms with Gasteiger partial charge in [0.1, 0.15) is 0 Å². The molecule has 0 rings (SSSR count). The average molecular weight is 341 g/mol. The summed E-state index contributed by atoms with van der Waals surface area (Å²) < 4.78 is 31.6. The Balaban J connectivity index is -0.0000000800. The van der Waals surface area contributed by atoms with Gasteiger partial charge in [-0.2, -0.15) is 8.42 Å². The molecule has 0 bridgehead atoms. The second kappa shape index (κ2) is 5.69. The molecule has 0 aliphatic heterocycles. The van der Waals surface area contributed by atoms with Gasteiger partial charge in [-0.25, -0.2) is 0 Å². The van der Waals surface area contributed by atoms with Crippen molar-refractivity contribution in [3.05, 3.63) is 0 Å². The Kier molecular flexibility index (Phi) is 12.9. The normalized spacial score (nSPS) is 8.29. The van der Waals surface area contributed by atoms with Gasteiger partial charge in [-0.3, -0.25) is 9.11 Å². The molecule has 7 heavy (non-hydrogen) atoms. The Morgan fingerprint density at radius 2 is 1.14 bits per heavy atom. The number of hydrogen-bond acceptors (Lipinski definition) is 2. The van der Waals surface area contributed by atoms with Crippen LogP contribution in [0.1, 0.15) is 0 Å². The van der Waals surface area contributed by atoms with E-state index in [1.54, 1.807) is 0 Å². The summed E-state index contributed by atoms with van der Waals surface area (Å²) >= 11 is 0. The molecule has 0 aliphatic carbocycles. The summed E-state index contributed by atoms with van der Waals surface area (Å²) in [5, 5.41) is 0. The molecule has 0 aliphatic rings. The molecule has 0 amide bonds. The van der Waals surface area contributed by atoms with Crippen molar-refractivity contribution in [2.24, 2.45) is 0 Å². The van der Waals surface area contributed by atoms with Gasteiger partial charge in [-0.15, -0.1) is 0 Å². The van der Waals surface area contributed by atoms with Crippen molar-refractivity contribution in [1.29, 1.82) is 0 Å². The Morgan fingerprint density at radius 1 is 1.14 bits per heavy atom. The SMILES string of the molecule is O=S(=O)(O)O.[InH3].[SbH3]. The first-order valence-corrected chi connectivity index (χ1v) is 2.10. The van der Waals surface area contributed by atoms with Gasteiger partial charge in [-0.1, -0.05) is 0 Å². The van der Waals surface area contributed by atoms with Crippen LogP contribution in [0.2, 0.25) is 0 Å². The summed E-state index contributed by atoms with van der Waals surface area (Å²) in [5.41, 5.74) is 0. The van der Waals surface area contributed by atoms with Crippen molar-refractivity contribution in [2.45, 2.75) is 0 Å². The summed E-state index contributed by atoms with van der Waals surface area (Å²) in [5.74, 6) is 0. The molecule has 0 aromatic rings. The predicted octanol–water partition coefficient (Wildman–Crippen LogP) is -3.02. The van der Waals surface area contributed by atoms with E-state index >= 15 is 0 Å². The second-order valence-electron chi connectivity index (χ2n) is 0.448. The van der Waals surface area contributed by atoms with Crippen LogP contribution in [-0.4, -0.2) is 67.8 Å². The maximum atomic E-state index is 8.74. The van der Waals surface area contributed by atoms with E-state index in [0.29, 0.717) is 0 Å². The van der Waals surface area contributed by atoms with E-state index in [1.807, 2.05) is 0 Å². The van der Waals surface area contributed by atoms with Crippen molar-refractivity contribution in [1.82, 2.24) is 0 Å². The van der Waals surface area contributed by atoms with Crippen LogP contribution in [0.4, 0.5) is 0 Å². The molecule has 0 radical (unpaired) electrons. The summed E-state index contributed by atoms with van der Waals surface area (Å²) in [4.78, 5) is 0. The van der Waals surface area contributed by atoms with E-state index in [4.69, 9.17) is 17.5 Å². The molecule has 0 atom stereocenters. The quantitative estimate of drug-likeness (QED) is 0.364. The third-order valence-electron chi connectivity index (χ3n) is 0. The second-order valence-corrected chi connectivity index (χ2v) is 1.34. The molecule has 0 saturated carbocycles. The zero-order valence-corrected chi connectivity index (χ0v) is 7.68. The molecule has 7 heteroatoms. The van der Waals surface area contributed by atoms with Gasteiger partial charge >= 0.3 is 60.7 Å². The number of rotatable bonds is 0. The molecule has 0 aromatic heterocycles. The van der Waals surface area contributed by atoms with Crippen molar-refractivity contribution in [3.8, 4) is 0 Å². The van der Waals surface area contributed by atoms with Gasteiger partial charge in [-0.05, 0) is 0 Å². The van der Waals surface area contributed by atoms with Crippen LogP contribution in [0.5, 0.6) is 0 Å². The van der Waals surface area contributed by atoms with E-state index in [0.717, 1.165) is 0 Å². The van der Waals surface area contributed by atoms with Crippen molar-refractivity contribution >= 4 is 60.7 Å². The maximum absolute atomic E-state index is 8.74. The summed E-state index contributed by atoms with van der Waals surface area (Å²) in [7, 11) is -4.67. The molecule has 0 saturated heterocycles. The van der Waals surface area contributed by atoms with Crippen LogP contribution in [0.3, 0.4) is 0 Å². The van der Waals surface area contributed by atoms with E-state index in [2.05, 4.69) is 0 Å². The minimum absolute atomic E-state index is 0. The molecule has 0 unspecified atom stereocenters. The van der Waals surface area contributed by atoms with Crippen LogP contribution in [0.25, 0.3) is 0 Å². The fourth-order valence-electron chi connectivity index (χ4n) is 0. The zero-order valence-electron chi connectivity index (χ0n) is 2.83. The fourth-order valence-corrected chi connectivity index (χ4v) is 0. The van der Waals surface area contributed by atoms with Gasteiger partial charge in [0, 0.05) is 0 Å². The summed E-state index contributed by atoms with van der Waals surface area (Å²) in [6.07, 6.45) is 0. The topological polar surface area (TPSA) is 74.6 Å². The average Bonchev–Trinajstić information content (AvgIpc) is 0.722. The Hall–Kier alpha value is 1.56. The van der Waals surface area contributed by atoms with Gasteiger partial charge in [0.05, 0.1) is 0 Å². The first-order chi connectivity index (χ1) is 2.00. The molecular weight excluding hydrogens is 333 g/mol. The van der Waals surface area contributed by atoms with Crippen LogP contribution >= 0.6 is 0 Å². The van der Waals surface area contributed by atoms with Crippen molar-refractivity contribution in [2.75, 3.05) is 0 Å². The summed E-state index contributed by atoms with van der Waals surface area (Å²) in [6.45, 7) is 0. The summed E-state index contributed by atoms with van der Waals surface area (Å²) in [6, 6.07) is 0. The van der Waals surface area contributed by atoms with E-state index < -0.39 is 10.4 Å². The first kappa shape index (κ1) is 15.8. The van der Waals surface area contributed by atoms with E-state index in [9.17, 15) is 0 Å². The molecule has 4 nitrogen and oxygen atoms in total. The molecule has 0 fully saturated rings. The van der Waals surface area contributed by atoms with Gasteiger partial charge in [0.2, 0.25) is 0 Å². The molecule has 0 heterocycles. The van der Waals surface area contributed by atoms with Gasteiger partial charge in [0.15, 0.2) is 0 Å². The standard InChI is InChI=1S/In.H2O4S.Sb.6H/c;1-5(2,3)4;;;;;;;/h;(H2,1,2,3,4);;;;;;;. The van der Waals surface area contributed by atoms with Crippen LogP contribution in [-0.2, 0) is 10.4 Å². The van der Waals surface area contributed by atoms with E-state index in [1.165, 1.54) is 0 Å². The molecule has 0 spiro atoms. The van der Waals surface area contributed by atoms with Crippen molar-refractivity contribution in [3.63, 3.8) is 0 Å². The number of hydrogen-bond donors (Lipinski definition) is 2. The minimum atomic E-state index is -4.67. The molecule has 2 N–H and O–H groups in total. The van der Waals surface area contributed by atoms with E-state index in [-0.39, 0.29) is 50.3 Å². The Bertz CT molecular complexity index is 94.9. The first-order valence-electron chi connectivity index (χ1n) is 0.698. The van der Waals surface area contributed by atoms with Crippen LogP contribution in [0.15, 0.2) is 0 Å². The Labute approximate surface area is 77.5 Å². The molecule has 0 aromatic carbocycles. The van der Waals surface area contributed by atoms with Crippen LogP contribution in [0, 0.1) is 0 Å².